The number of hydrogen-bond acceptors (Lipinski definition) is 4. The number of aryl methyl sites for hydroxylation is 1. The molecule has 0 bridgehead atoms. The molecule has 5 nitrogen and oxygen atoms in total. The third-order valence-electron chi connectivity index (χ3n) is 2.89. The maximum absolute atomic E-state index is 11.8. The van der Waals surface area contributed by atoms with Gasteiger partial charge >= 0.3 is 0 Å². The first-order valence-electron chi connectivity index (χ1n) is 5.74. The van der Waals surface area contributed by atoms with Crippen LogP contribution < -0.4 is 5.32 Å². The second kappa shape index (κ2) is 4.79. The van der Waals surface area contributed by atoms with Crippen LogP contribution in [0.5, 0.6) is 0 Å². The van der Waals surface area contributed by atoms with E-state index in [1.54, 1.807) is 12.4 Å². The molecule has 1 saturated heterocycles. The molecule has 2 heterocycles. The molecule has 0 radical (unpaired) electrons. The van der Waals surface area contributed by atoms with Gasteiger partial charge in [0.1, 0.15) is 0 Å². The van der Waals surface area contributed by atoms with E-state index in [0.717, 1.165) is 11.4 Å². The summed E-state index contributed by atoms with van der Waals surface area (Å²) in [5.41, 5.74) is 1.46. The minimum atomic E-state index is -0.334. The van der Waals surface area contributed by atoms with Crippen molar-refractivity contribution in [1.29, 1.82) is 0 Å². The quantitative estimate of drug-likeness (QED) is 0.824. The zero-order valence-corrected chi connectivity index (χ0v) is 10.2. The molecular weight excluding hydrogens is 218 g/mol. The third kappa shape index (κ3) is 2.79. The number of rotatable bonds is 4. The molecule has 1 amide bonds. The van der Waals surface area contributed by atoms with Crippen molar-refractivity contribution in [2.45, 2.75) is 20.3 Å². The van der Waals surface area contributed by atoms with Crippen molar-refractivity contribution in [3.05, 3.63) is 23.8 Å². The van der Waals surface area contributed by atoms with Crippen molar-refractivity contribution in [2.24, 2.45) is 5.41 Å². The second-order valence-electron chi connectivity index (χ2n) is 4.71. The zero-order valence-electron chi connectivity index (χ0n) is 10.2. The first kappa shape index (κ1) is 12.0. The van der Waals surface area contributed by atoms with Crippen LogP contribution in [0.25, 0.3) is 0 Å². The summed E-state index contributed by atoms with van der Waals surface area (Å²) in [5.74, 6) is 0.0591. The largest absolute Gasteiger partial charge is 0.379 e. The number of carbonyl (C=O) groups excluding carboxylic acids is 1. The lowest BCUT2D eigenvalue weighted by molar-refractivity contribution is -0.157. The van der Waals surface area contributed by atoms with E-state index in [4.69, 9.17) is 4.74 Å². The van der Waals surface area contributed by atoms with Gasteiger partial charge in [-0.15, -0.1) is 0 Å². The van der Waals surface area contributed by atoms with Gasteiger partial charge in [-0.1, -0.05) is 0 Å². The summed E-state index contributed by atoms with van der Waals surface area (Å²) in [7, 11) is 0. The predicted molar refractivity (Wildman–Crippen MR) is 62.4 cm³/mol. The summed E-state index contributed by atoms with van der Waals surface area (Å²) in [6.07, 6.45) is 4.18. The second-order valence-corrected chi connectivity index (χ2v) is 4.71. The molecule has 1 aliphatic heterocycles. The Morgan fingerprint density at radius 3 is 2.76 bits per heavy atom. The SMILES string of the molecule is Cc1cnc(CCNC(=O)C2(C)COC2)cn1. The lowest BCUT2D eigenvalue weighted by Crippen LogP contribution is -2.52. The van der Waals surface area contributed by atoms with E-state index >= 15 is 0 Å². The highest BCUT2D eigenvalue weighted by Gasteiger charge is 2.40. The van der Waals surface area contributed by atoms with Crippen molar-refractivity contribution in [1.82, 2.24) is 15.3 Å². The molecule has 92 valence electrons. The first-order chi connectivity index (χ1) is 8.10. The zero-order chi connectivity index (χ0) is 12.3. The van der Waals surface area contributed by atoms with E-state index in [9.17, 15) is 4.79 Å². The van der Waals surface area contributed by atoms with E-state index in [1.165, 1.54) is 0 Å². The molecule has 2 rings (SSSR count). The number of nitrogens with one attached hydrogen (secondary N) is 1. The highest BCUT2D eigenvalue weighted by Crippen LogP contribution is 2.26. The van der Waals surface area contributed by atoms with E-state index in [0.29, 0.717) is 26.2 Å². The summed E-state index contributed by atoms with van der Waals surface area (Å²) in [6, 6.07) is 0. The lowest BCUT2D eigenvalue weighted by Gasteiger charge is -2.36. The Bertz CT molecular complexity index is 399. The van der Waals surface area contributed by atoms with Gasteiger partial charge in [-0.05, 0) is 13.8 Å². The van der Waals surface area contributed by atoms with E-state index in [2.05, 4.69) is 15.3 Å². The van der Waals surface area contributed by atoms with Crippen LogP contribution in [-0.2, 0) is 16.0 Å². The van der Waals surface area contributed by atoms with Gasteiger partial charge in [0.2, 0.25) is 5.91 Å². The maximum Gasteiger partial charge on any atom is 0.230 e. The van der Waals surface area contributed by atoms with Crippen LogP contribution in [0.15, 0.2) is 12.4 Å². The average molecular weight is 235 g/mol. The van der Waals surface area contributed by atoms with Gasteiger partial charge in [0.15, 0.2) is 0 Å². The fraction of sp³-hybridized carbons (Fsp3) is 0.583. The summed E-state index contributed by atoms with van der Waals surface area (Å²) in [6.45, 7) is 5.44. The van der Waals surface area contributed by atoms with Crippen LogP contribution >= 0.6 is 0 Å². The molecule has 1 aliphatic rings. The first-order valence-corrected chi connectivity index (χ1v) is 5.74. The molecule has 0 spiro atoms. The van der Waals surface area contributed by atoms with Crippen LogP contribution in [-0.4, -0.2) is 35.6 Å². The molecule has 0 atom stereocenters. The monoisotopic (exact) mass is 235 g/mol. The van der Waals surface area contributed by atoms with E-state index < -0.39 is 0 Å². The Kier molecular flexibility index (Phi) is 3.38. The van der Waals surface area contributed by atoms with Gasteiger partial charge in [0, 0.05) is 25.4 Å². The highest BCUT2D eigenvalue weighted by molar-refractivity contribution is 5.83. The summed E-state index contributed by atoms with van der Waals surface area (Å²) >= 11 is 0. The summed E-state index contributed by atoms with van der Waals surface area (Å²) in [4.78, 5) is 20.2. The molecule has 0 saturated carbocycles. The van der Waals surface area contributed by atoms with Crippen molar-refractivity contribution in [2.75, 3.05) is 19.8 Å². The van der Waals surface area contributed by atoms with Crippen molar-refractivity contribution in [3.8, 4) is 0 Å². The van der Waals surface area contributed by atoms with Crippen LogP contribution in [0, 0.1) is 12.3 Å². The molecule has 1 fully saturated rings. The smallest absolute Gasteiger partial charge is 0.230 e. The Morgan fingerprint density at radius 1 is 1.47 bits per heavy atom. The van der Waals surface area contributed by atoms with Crippen molar-refractivity contribution in [3.63, 3.8) is 0 Å². The molecule has 0 aromatic carbocycles. The number of carbonyl (C=O) groups is 1. The van der Waals surface area contributed by atoms with Gasteiger partial charge in [0.05, 0.1) is 30.0 Å². The third-order valence-corrected chi connectivity index (χ3v) is 2.89. The molecule has 0 aliphatic carbocycles. The molecular formula is C12H17N3O2. The Morgan fingerprint density at radius 2 is 2.24 bits per heavy atom. The lowest BCUT2D eigenvalue weighted by atomic mass is 9.87. The van der Waals surface area contributed by atoms with E-state index in [-0.39, 0.29) is 11.3 Å². The van der Waals surface area contributed by atoms with Gasteiger partial charge in [-0.3, -0.25) is 14.8 Å². The molecule has 17 heavy (non-hydrogen) atoms. The predicted octanol–water partition coefficient (Wildman–Crippen LogP) is 0.480. The average Bonchev–Trinajstić information content (AvgIpc) is 2.28. The standard InChI is InChI=1S/C12H17N3O2/c1-9-5-15-10(6-14-9)3-4-13-11(16)12(2)7-17-8-12/h5-6H,3-4,7-8H2,1-2H3,(H,13,16). The minimum Gasteiger partial charge on any atom is -0.379 e. The number of ether oxygens (including phenoxy) is 1. The Balaban J connectivity index is 1.76. The summed E-state index contributed by atoms with van der Waals surface area (Å²) in [5, 5.41) is 2.90. The topological polar surface area (TPSA) is 64.1 Å². The number of nitrogens with zero attached hydrogens (tertiary/aromatic N) is 2. The van der Waals surface area contributed by atoms with Gasteiger partial charge < -0.3 is 10.1 Å². The van der Waals surface area contributed by atoms with Crippen molar-refractivity contribution >= 4 is 5.91 Å². The van der Waals surface area contributed by atoms with Crippen LogP contribution in [0.4, 0.5) is 0 Å². The molecule has 1 aromatic rings. The van der Waals surface area contributed by atoms with Gasteiger partial charge in [0.25, 0.3) is 0 Å². The Hall–Kier alpha value is -1.49. The fourth-order valence-electron chi connectivity index (χ4n) is 1.61. The van der Waals surface area contributed by atoms with Crippen LogP contribution in [0.3, 0.4) is 0 Å². The highest BCUT2D eigenvalue weighted by atomic mass is 16.5. The van der Waals surface area contributed by atoms with Crippen LogP contribution in [0.1, 0.15) is 18.3 Å². The fourth-order valence-corrected chi connectivity index (χ4v) is 1.61. The molecule has 1 aromatic heterocycles. The van der Waals surface area contributed by atoms with Gasteiger partial charge in [-0.2, -0.15) is 0 Å². The Labute approximate surface area is 101 Å². The van der Waals surface area contributed by atoms with Crippen molar-refractivity contribution < 1.29 is 9.53 Å². The summed E-state index contributed by atoms with van der Waals surface area (Å²) < 4.78 is 5.05. The normalized spacial score (nSPS) is 17.3. The molecule has 1 N–H and O–H groups in total. The number of amides is 1. The number of hydrogen-bond donors (Lipinski definition) is 1. The van der Waals surface area contributed by atoms with E-state index in [1.807, 2.05) is 13.8 Å². The maximum atomic E-state index is 11.8. The minimum absolute atomic E-state index is 0.0591. The molecule has 0 unspecified atom stereocenters. The molecule has 5 heteroatoms. The van der Waals surface area contributed by atoms with Crippen LogP contribution in [0.2, 0.25) is 0 Å². The van der Waals surface area contributed by atoms with Gasteiger partial charge in [-0.25, -0.2) is 0 Å². The number of aromatic nitrogens is 2.